The van der Waals surface area contributed by atoms with Crippen molar-refractivity contribution in [2.75, 3.05) is 24.2 Å². The van der Waals surface area contributed by atoms with Crippen molar-refractivity contribution >= 4 is 50.5 Å². The molecule has 0 bridgehead atoms. The number of thioether (sulfide) groups is 1. The van der Waals surface area contributed by atoms with Crippen LogP contribution < -0.4 is 5.32 Å². The first-order chi connectivity index (χ1) is 12.7. The molecular weight excluding hydrogens is 394 g/mol. The van der Waals surface area contributed by atoms with Crippen LogP contribution in [0.4, 0.5) is 5.00 Å². The first kappa shape index (κ1) is 22.2. The summed E-state index contributed by atoms with van der Waals surface area (Å²) >= 11 is 8.34. The van der Waals surface area contributed by atoms with Gasteiger partial charge in [0, 0.05) is 18.0 Å². The molecule has 1 aromatic rings. The molecule has 0 radical (unpaired) electrons. The molecule has 0 aromatic carbocycles. The van der Waals surface area contributed by atoms with Crippen molar-refractivity contribution < 1.29 is 4.79 Å². The Morgan fingerprint density at radius 1 is 1.41 bits per heavy atom. The van der Waals surface area contributed by atoms with E-state index in [0.29, 0.717) is 16.5 Å². The first-order valence-corrected chi connectivity index (χ1v) is 11.7. The average molecular weight is 424 g/mol. The number of hydrogen-bond donors (Lipinski definition) is 1. The van der Waals surface area contributed by atoms with Crippen LogP contribution in [0, 0.1) is 22.7 Å². The van der Waals surface area contributed by atoms with E-state index in [9.17, 15) is 10.1 Å². The highest BCUT2D eigenvalue weighted by Crippen LogP contribution is 2.44. The zero-order valence-electron chi connectivity index (χ0n) is 16.8. The van der Waals surface area contributed by atoms with Crippen LogP contribution in [0.5, 0.6) is 0 Å². The summed E-state index contributed by atoms with van der Waals surface area (Å²) in [4.78, 5) is 15.7. The molecule has 4 nitrogen and oxygen atoms in total. The summed E-state index contributed by atoms with van der Waals surface area (Å²) < 4.78 is 0.745. The van der Waals surface area contributed by atoms with Crippen LogP contribution in [0.2, 0.25) is 0 Å². The number of nitrogens with zero attached hydrogens (tertiary/aromatic N) is 2. The fraction of sp³-hybridized carbons (Fsp3) is 0.650. The van der Waals surface area contributed by atoms with E-state index in [4.69, 9.17) is 12.2 Å². The molecular formula is C20H29N3OS3. The number of nitriles is 1. The summed E-state index contributed by atoms with van der Waals surface area (Å²) in [5, 5.41) is 13.3. The predicted molar refractivity (Wildman–Crippen MR) is 121 cm³/mol. The Labute approximate surface area is 176 Å². The highest BCUT2D eigenvalue weighted by molar-refractivity contribution is 8.23. The molecule has 2 rings (SSSR count). The summed E-state index contributed by atoms with van der Waals surface area (Å²) in [6.07, 6.45) is 3.02. The highest BCUT2D eigenvalue weighted by atomic mass is 32.2. The van der Waals surface area contributed by atoms with Crippen molar-refractivity contribution in [2.24, 2.45) is 11.3 Å². The van der Waals surface area contributed by atoms with Crippen LogP contribution in [0.3, 0.4) is 0 Å². The number of thiocarbonyl (C=S) groups is 1. The molecule has 1 N–H and O–H groups in total. The number of fused-ring (bicyclic) bond motifs is 1. The third kappa shape index (κ3) is 5.46. The molecule has 27 heavy (non-hydrogen) atoms. The lowest BCUT2D eigenvalue weighted by molar-refractivity contribution is -0.113. The second-order valence-corrected chi connectivity index (χ2v) is 10.6. The van der Waals surface area contributed by atoms with Gasteiger partial charge >= 0.3 is 0 Å². The van der Waals surface area contributed by atoms with E-state index in [1.54, 1.807) is 11.3 Å². The Hall–Kier alpha value is -1.10. The maximum atomic E-state index is 12.4. The largest absolute Gasteiger partial charge is 0.358 e. The SMILES string of the molecule is CCN(CC)C(=S)SCC(=O)Nc1sc2c(c1C#N)CC[C@H](C(C)(C)C)C2. The van der Waals surface area contributed by atoms with Gasteiger partial charge in [0.2, 0.25) is 5.91 Å². The van der Waals surface area contributed by atoms with Gasteiger partial charge in [0.1, 0.15) is 15.4 Å². The van der Waals surface area contributed by atoms with E-state index in [2.05, 4.69) is 50.9 Å². The van der Waals surface area contributed by atoms with Crippen LogP contribution in [-0.2, 0) is 17.6 Å². The predicted octanol–water partition coefficient (Wildman–Crippen LogP) is 5.07. The third-order valence-corrected chi connectivity index (χ3v) is 7.90. The minimum Gasteiger partial charge on any atom is -0.358 e. The molecule has 1 atom stereocenters. The molecule has 0 fully saturated rings. The lowest BCUT2D eigenvalue weighted by Gasteiger charge is -2.33. The average Bonchev–Trinajstić information content (AvgIpc) is 2.96. The summed E-state index contributed by atoms with van der Waals surface area (Å²) in [5.74, 6) is 0.783. The Kier molecular flexibility index (Phi) is 7.73. The second-order valence-electron chi connectivity index (χ2n) is 7.90. The van der Waals surface area contributed by atoms with E-state index in [1.807, 2.05) is 0 Å². The highest BCUT2D eigenvalue weighted by Gasteiger charge is 2.32. The number of thiophene rings is 1. The van der Waals surface area contributed by atoms with Gasteiger partial charge in [-0.05, 0) is 50.0 Å². The molecule has 1 aliphatic rings. The smallest absolute Gasteiger partial charge is 0.235 e. The molecule has 0 aliphatic heterocycles. The van der Waals surface area contributed by atoms with Gasteiger partial charge < -0.3 is 10.2 Å². The zero-order valence-corrected chi connectivity index (χ0v) is 19.3. The monoisotopic (exact) mass is 423 g/mol. The number of anilines is 1. The fourth-order valence-electron chi connectivity index (χ4n) is 3.39. The van der Waals surface area contributed by atoms with Gasteiger partial charge in [-0.25, -0.2) is 0 Å². The number of carbonyl (C=O) groups is 1. The van der Waals surface area contributed by atoms with Crippen LogP contribution in [0.25, 0.3) is 0 Å². The van der Waals surface area contributed by atoms with Crippen LogP contribution in [0.15, 0.2) is 0 Å². The van der Waals surface area contributed by atoms with Gasteiger partial charge in [-0.1, -0.05) is 44.8 Å². The Morgan fingerprint density at radius 3 is 2.63 bits per heavy atom. The third-order valence-electron chi connectivity index (χ3n) is 5.20. The van der Waals surface area contributed by atoms with Gasteiger partial charge in [0.15, 0.2) is 0 Å². The summed E-state index contributed by atoms with van der Waals surface area (Å²) in [6.45, 7) is 12.6. The molecule has 1 aromatic heterocycles. The molecule has 0 saturated carbocycles. The molecule has 148 valence electrons. The Morgan fingerprint density at radius 2 is 2.07 bits per heavy atom. The summed E-state index contributed by atoms with van der Waals surface area (Å²) in [5.41, 5.74) is 2.06. The molecule has 1 heterocycles. The van der Waals surface area contributed by atoms with Gasteiger partial charge in [-0.2, -0.15) is 5.26 Å². The second kappa shape index (κ2) is 9.40. The van der Waals surface area contributed by atoms with Crippen molar-refractivity contribution in [2.45, 2.75) is 53.9 Å². The molecule has 1 aliphatic carbocycles. The van der Waals surface area contributed by atoms with Crippen LogP contribution in [-0.4, -0.2) is 34.0 Å². The van der Waals surface area contributed by atoms with Gasteiger partial charge in [0.25, 0.3) is 0 Å². The quantitative estimate of drug-likeness (QED) is 0.670. The normalized spacial score (nSPS) is 16.4. The van der Waals surface area contributed by atoms with E-state index in [0.717, 1.165) is 42.2 Å². The number of nitrogens with one attached hydrogen (secondary N) is 1. The minimum absolute atomic E-state index is 0.100. The van der Waals surface area contributed by atoms with Crippen LogP contribution in [0.1, 0.15) is 57.0 Å². The molecule has 1 amide bonds. The molecule has 0 saturated heterocycles. The molecule has 0 spiro atoms. The number of amides is 1. The lowest BCUT2D eigenvalue weighted by Crippen LogP contribution is -2.28. The van der Waals surface area contributed by atoms with Gasteiger partial charge in [-0.3, -0.25) is 4.79 Å². The number of carbonyl (C=O) groups excluding carboxylic acids is 1. The van der Waals surface area contributed by atoms with Crippen molar-refractivity contribution in [3.05, 3.63) is 16.0 Å². The standard InChI is InChI=1S/C20H29N3OS3/c1-6-23(7-2)19(25)26-12-17(24)22-18-15(11-21)14-9-8-13(20(3,4)5)10-16(14)27-18/h13H,6-10,12H2,1-5H3,(H,22,24)/t13-/m0/s1. The maximum Gasteiger partial charge on any atom is 0.235 e. The Balaban J connectivity index is 2.05. The van der Waals surface area contributed by atoms with E-state index in [1.165, 1.54) is 16.6 Å². The van der Waals surface area contributed by atoms with E-state index < -0.39 is 0 Å². The first-order valence-electron chi connectivity index (χ1n) is 9.47. The Bertz CT molecular complexity index is 739. The van der Waals surface area contributed by atoms with Crippen molar-refractivity contribution in [1.82, 2.24) is 4.90 Å². The van der Waals surface area contributed by atoms with Crippen molar-refractivity contribution in [3.63, 3.8) is 0 Å². The summed E-state index contributed by atoms with van der Waals surface area (Å²) in [6, 6.07) is 2.32. The van der Waals surface area contributed by atoms with Gasteiger partial charge in [0.05, 0.1) is 11.3 Å². The topological polar surface area (TPSA) is 56.1 Å². The van der Waals surface area contributed by atoms with Crippen LogP contribution >= 0.6 is 35.3 Å². The van der Waals surface area contributed by atoms with Crippen molar-refractivity contribution in [1.29, 1.82) is 5.26 Å². The lowest BCUT2D eigenvalue weighted by atomic mass is 9.72. The molecule has 0 unspecified atom stereocenters. The summed E-state index contributed by atoms with van der Waals surface area (Å²) in [7, 11) is 0. The fourth-order valence-corrected chi connectivity index (χ4v) is 5.89. The number of hydrogen-bond acceptors (Lipinski definition) is 5. The van der Waals surface area contributed by atoms with Crippen molar-refractivity contribution in [3.8, 4) is 6.07 Å². The maximum absolute atomic E-state index is 12.4. The minimum atomic E-state index is -0.100. The molecule has 7 heteroatoms. The number of rotatable bonds is 5. The zero-order chi connectivity index (χ0) is 20.2. The van der Waals surface area contributed by atoms with E-state index in [-0.39, 0.29) is 17.1 Å². The van der Waals surface area contributed by atoms with E-state index >= 15 is 0 Å². The van der Waals surface area contributed by atoms with Gasteiger partial charge in [-0.15, -0.1) is 11.3 Å².